The van der Waals surface area contributed by atoms with Crippen LogP contribution in [0.1, 0.15) is 34.0 Å². The van der Waals surface area contributed by atoms with Crippen LogP contribution in [0.2, 0.25) is 0 Å². The molecule has 0 radical (unpaired) electrons. The summed E-state index contributed by atoms with van der Waals surface area (Å²) < 4.78 is 4.83. The molecule has 5 nitrogen and oxygen atoms in total. The molecule has 1 heterocycles. The van der Waals surface area contributed by atoms with Gasteiger partial charge in [0.25, 0.3) is 0 Å². The number of carbonyl (C=O) groups is 1. The minimum atomic E-state index is -1.17. The summed E-state index contributed by atoms with van der Waals surface area (Å²) >= 11 is 0. The van der Waals surface area contributed by atoms with Gasteiger partial charge < -0.3 is 14.9 Å². The molecule has 88 valence electrons. The summed E-state index contributed by atoms with van der Waals surface area (Å²) in [5, 5.41) is 27.7. The summed E-state index contributed by atoms with van der Waals surface area (Å²) in [6.07, 6.45) is -2.49. The van der Waals surface area contributed by atoms with Crippen LogP contribution in [0.15, 0.2) is 18.2 Å². The predicted octanol–water partition coefficient (Wildman–Crippen LogP) is 0.665. The van der Waals surface area contributed by atoms with Crippen molar-refractivity contribution in [3.63, 3.8) is 0 Å². The monoisotopic (exact) mass is 233 g/mol. The lowest BCUT2D eigenvalue weighted by molar-refractivity contribution is 0.0215. The van der Waals surface area contributed by atoms with Crippen LogP contribution in [0.5, 0.6) is 0 Å². The highest BCUT2D eigenvalue weighted by molar-refractivity contribution is 5.93. The van der Waals surface area contributed by atoms with E-state index in [1.807, 2.05) is 0 Å². The minimum Gasteiger partial charge on any atom is -0.457 e. The van der Waals surface area contributed by atoms with E-state index in [-0.39, 0.29) is 13.0 Å². The van der Waals surface area contributed by atoms with Gasteiger partial charge in [-0.25, -0.2) is 4.79 Å². The smallest absolute Gasteiger partial charge is 0.338 e. The number of esters is 1. The van der Waals surface area contributed by atoms with Crippen LogP contribution < -0.4 is 0 Å². The van der Waals surface area contributed by atoms with Crippen LogP contribution >= 0.6 is 0 Å². The third-order valence-corrected chi connectivity index (χ3v) is 2.72. The summed E-state index contributed by atoms with van der Waals surface area (Å²) in [4.78, 5) is 11.3. The van der Waals surface area contributed by atoms with E-state index in [2.05, 4.69) is 0 Å². The van der Waals surface area contributed by atoms with Crippen molar-refractivity contribution in [3.8, 4) is 6.07 Å². The Bertz CT molecular complexity index is 492. The summed E-state index contributed by atoms with van der Waals surface area (Å²) in [6.45, 7) is 0.241. The molecular formula is C12H11NO4. The van der Waals surface area contributed by atoms with Gasteiger partial charge in [-0.3, -0.25) is 0 Å². The number of ether oxygens (including phenoxy) is 1. The van der Waals surface area contributed by atoms with Gasteiger partial charge in [-0.2, -0.15) is 5.26 Å². The Morgan fingerprint density at radius 3 is 2.94 bits per heavy atom. The normalized spacial score (nSPS) is 16.9. The summed E-state index contributed by atoms with van der Waals surface area (Å²) in [7, 11) is 0. The van der Waals surface area contributed by atoms with E-state index in [0.717, 1.165) is 5.56 Å². The highest BCUT2D eigenvalue weighted by Gasteiger charge is 2.24. The molecule has 2 rings (SSSR count). The van der Waals surface area contributed by atoms with Crippen molar-refractivity contribution in [2.75, 3.05) is 0 Å². The van der Waals surface area contributed by atoms with E-state index in [1.165, 1.54) is 6.07 Å². The van der Waals surface area contributed by atoms with Crippen molar-refractivity contribution >= 4 is 5.97 Å². The van der Waals surface area contributed by atoms with Crippen LogP contribution in [0, 0.1) is 11.3 Å². The number of hydrogen-bond donors (Lipinski definition) is 2. The van der Waals surface area contributed by atoms with Crippen molar-refractivity contribution in [1.82, 2.24) is 0 Å². The average Bonchev–Trinajstić information content (AvgIpc) is 2.70. The number of fused-ring (bicyclic) bond motifs is 1. The molecule has 0 aliphatic carbocycles. The lowest BCUT2D eigenvalue weighted by Gasteiger charge is -2.15. The number of nitriles is 1. The van der Waals surface area contributed by atoms with E-state index in [0.29, 0.717) is 11.1 Å². The Labute approximate surface area is 97.9 Å². The number of cyclic esters (lactones) is 1. The van der Waals surface area contributed by atoms with Gasteiger partial charge in [0.15, 0.2) is 0 Å². The van der Waals surface area contributed by atoms with Crippen molar-refractivity contribution in [1.29, 1.82) is 5.26 Å². The standard InChI is InChI=1S/C12H11NO4/c13-4-3-10(14)11(15)7-1-2-8-6-17-12(16)9(8)5-7/h1-2,5,10-11,14-15H,3,6H2. The second-order valence-corrected chi connectivity index (χ2v) is 3.87. The summed E-state index contributed by atoms with van der Waals surface area (Å²) in [6, 6.07) is 6.57. The van der Waals surface area contributed by atoms with Gasteiger partial charge in [-0.15, -0.1) is 0 Å². The fourth-order valence-electron chi connectivity index (χ4n) is 1.74. The van der Waals surface area contributed by atoms with Gasteiger partial charge in [-0.1, -0.05) is 12.1 Å². The van der Waals surface area contributed by atoms with Crippen molar-refractivity contribution in [2.24, 2.45) is 0 Å². The maximum Gasteiger partial charge on any atom is 0.338 e. The van der Waals surface area contributed by atoms with E-state index < -0.39 is 18.2 Å². The SMILES string of the molecule is N#CCC(O)C(O)c1ccc2c(c1)C(=O)OC2. The van der Waals surface area contributed by atoms with Crippen molar-refractivity contribution < 1.29 is 19.7 Å². The fourth-order valence-corrected chi connectivity index (χ4v) is 1.74. The third kappa shape index (κ3) is 2.13. The van der Waals surface area contributed by atoms with Gasteiger partial charge in [0.05, 0.1) is 24.2 Å². The van der Waals surface area contributed by atoms with Crippen LogP contribution in [0.25, 0.3) is 0 Å². The Kier molecular flexibility index (Phi) is 3.09. The number of nitrogens with zero attached hydrogens (tertiary/aromatic N) is 1. The van der Waals surface area contributed by atoms with Gasteiger partial charge >= 0.3 is 5.97 Å². The van der Waals surface area contributed by atoms with Crippen molar-refractivity contribution in [2.45, 2.75) is 25.2 Å². The second kappa shape index (κ2) is 4.53. The third-order valence-electron chi connectivity index (χ3n) is 2.72. The number of aliphatic hydroxyl groups is 2. The average molecular weight is 233 g/mol. The van der Waals surface area contributed by atoms with Crippen LogP contribution in [-0.4, -0.2) is 22.3 Å². The van der Waals surface area contributed by atoms with E-state index in [4.69, 9.17) is 10.00 Å². The first-order chi connectivity index (χ1) is 8.13. The molecule has 17 heavy (non-hydrogen) atoms. The zero-order valence-electron chi connectivity index (χ0n) is 8.96. The van der Waals surface area contributed by atoms with Crippen molar-refractivity contribution in [3.05, 3.63) is 34.9 Å². The molecule has 1 aromatic rings. The molecule has 0 bridgehead atoms. The minimum absolute atomic E-state index is 0.164. The summed E-state index contributed by atoms with van der Waals surface area (Å²) in [5.74, 6) is -0.427. The first-order valence-electron chi connectivity index (χ1n) is 5.16. The number of aliphatic hydroxyl groups excluding tert-OH is 2. The number of benzene rings is 1. The Morgan fingerprint density at radius 2 is 2.24 bits per heavy atom. The number of hydrogen-bond acceptors (Lipinski definition) is 5. The lowest BCUT2D eigenvalue weighted by Crippen LogP contribution is -2.17. The quantitative estimate of drug-likeness (QED) is 0.748. The molecule has 0 amide bonds. The zero-order valence-corrected chi connectivity index (χ0v) is 8.96. The molecule has 5 heteroatoms. The Balaban J connectivity index is 2.26. The first kappa shape index (κ1) is 11.6. The maximum absolute atomic E-state index is 11.3. The molecule has 0 aromatic heterocycles. The topological polar surface area (TPSA) is 90.5 Å². The molecule has 2 N–H and O–H groups in total. The molecule has 1 aliphatic heterocycles. The highest BCUT2D eigenvalue weighted by atomic mass is 16.5. The highest BCUT2D eigenvalue weighted by Crippen LogP contribution is 2.26. The molecular weight excluding hydrogens is 222 g/mol. The largest absolute Gasteiger partial charge is 0.457 e. The van der Waals surface area contributed by atoms with E-state index in [9.17, 15) is 15.0 Å². The van der Waals surface area contributed by atoms with Gasteiger partial charge in [-0.05, 0) is 11.6 Å². The first-order valence-corrected chi connectivity index (χ1v) is 5.16. The molecule has 1 aliphatic rings. The molecule has 0 spiro atoms. The fraction of sp³-hybridized carbons (Fsp3) is 0.333. The Hall–Kier alpha value is -1.90. The predicted molar refractivity (Wildman–Crippen MR) is 56.8 cm³/mol. The van der Waals surface area contributed by atoms with Crippen LogP contribution in [0.3, 0.4) is 0 Å². The molecule has 1 aromatic carbocycles. The molecule has 0 fully saturated rings. The zero-order chi connectivity index (χ0) is 12.4. The molecule has 2 unspecified atom stereocenters. The number of rotatable bonds is 3. The number of carbonyl (C=O) groups excluding carboxylic acids is 1. The van der Waals surface area contributed by atoms with Gasteiger partial charge in [0.1, 0.15) is 12.7 Å². The lowest BCUT2D eigenvalue weighted by atomic mass is 9.98. The van der Waals surface area contributed by atoms with E-state index in [1.54, 1.807) is 18.2 Å². The van der Waals surface area contributed by atoms with Gasteiger partial charge in [0.2, 0.25) is 0 Å². The summed E-state index contributed by atoms with van der Waals surface area (Å²) in [5.41, 5.74) is 1.58. The Morgan fingerprint density at radius 1 is 1.47 bits per heavy atom. The van der Waals surface area contributed by atoms with E-state index >= 15 is 0 Å². The molecule has 2 atom stereocenters. The van der Waals surface area contributed by atoms with Crippen LogP contribution in [0.4, 0.5) is 0 Å². The molecule has 0 saturated heterocycles. The van der Waals surface area contributed by atoms with Gasteiger partial charge in [0, 0.05) is 5.56 Å². The maximum atomic E-state index is 11.3. The molecule has 0 saturated carbocycles. The second-order valence-electron chi connectivity index (χ2n) is 3.87. The van der Waals surface area contributed by atoms with Crippen LogP contribution in [-0.2, 0) is 11.3 Å².